The van der Waals surface area contributed by atoms with E-state index in [1.165, 1.54) is 43.5 Å². The molecule has 0 unspecified atom stereocenters. The van der Waals surface area contributed by atoms with Crippen LogP contribution in [0.1, 0.15) is 31.8 Å². The molecule has 0 aromatic heterocycles. The third-order valence-electron chi connectivity index (χ3n) is 4.96. The van der Waals surface area contributed by atoms with Gasteiger partial charge in [0, 0.05) is 11.3 Å². The van der Waals surface area contributed by atoms with Crippen LogP contribution in [-0.2, 0) is 14.8 Å². The first kappa shape index (κ1) is 24.6. The number of rotatable bonds is 6. The Hall–Kier alpha value is -3.07. The number of amides is 1. The Labute approximate surface area is 201 Å². The molecule has 3 aromatic carbocycles. The molecule has 10 heteroatoms. The van der Waals surface area contributed by atoms with E-state index in [1.807, 2.05) is 13.0 Å². The molecule has 0 heterocycles. The Morgan fingerprint density at radius 3 is 2.33 bits per heavy atom. The molecule has 0 aliphatic carbocycles. The molecule has 1 amide bonds. The summed E-state index contributed by atoms with van der Waals surface area (Å²) in [5.74, 6) is -1.26. The van der Waals surface area contributed by atoms with Crippen LogP contribution in [0.3, 0.4) is 0 Å². The van der Waals surface area contributed by atoms with Crippen LogP contribution in [-0.4, -0.2) is 27.4 Å². The van der Waals surface area contributed by atoms with Gasteiger partial charge in [-0.2, -0.15) is 0 Å². The maximum atomic E-state index is 13.0. The zero-order valence-corrected chi connectivity index (χ0v) is 20.2. The van der Waals surface area contributed by atoms with Gasteiger partial charge in [-0.25, -0.2) is 13.2 Å². The Bertz CT molecular complexity index is 1360. The SMILES string of the molecule is COC(=O)c1cc(NC(=O)c2ccc(Cl)c(S(=O)(=O)Nc3cccc(C)c3C)c2)ccc1Cl. The number of aryl methyl sites for hydroxylation is 1. The predicted octanol–water partition coefficient (Wildman–Crippen LogP) is 5.45. The Balaban J connectivity index is 1.90. The van der Waals surface area contributed by atoms with Gasteiger partial charge in [0.05, 0.1) is 28.4 Å². The van der Waals surface area contributed by atoms with E-state index < -0.39 is 21.9 Å². The van der Waals surface area contributed by atoms with Gasteiger partial charge in [0.25, 0.3) is 15.9 Å². The Morgan fingerprint density at radius 2 is 1.64 bits per heavy atom. The number of sulfonamides is 1. The largest absolute Gasteiger partial charge is 0.465 e. The highest BCUT2D eigenvalue weighted by atomic mass is 35.5. The summed E-state index contributed by atoms with van der Waals surface area (Å²) in [4.78, 5) is 24.4. The second-order valence-corrected chi connectivity index (χ2v) is 9.60. The second-order valence-electron chi connectivity index (χ2n) is 7.14. The minimum Gasteiger partial charge on any atom is -0.465 e. The highest BCUT2D eigenvalue weighted by molar-refractivity contribution is 7.92. The van der Waals surface area contributed by atoms with Crippen molar-refractivity contribution in [3.8, 4) is 0 Å². The zero-order valence-electron chi connectivity index (χ0n) is 17.9. The zero-order chi connectivity index (χ0) is 24.3. The molecule has 0 saturated heterocycles. The summed E-state index contributed by atoms with van der Waals surface area (Å²) < 4.78 is 33.2. The molecule has 0 saturated carbocycles. The molecule has 0 atom stereocenters. The van der Waals surface area contributed by atoms with Crippen LogP contribution in [0.5, 0.6) is 0 Å². The smallest absolute Gasteiger partial charge is 0.339 e. The number of hydrogen-bond acceptors (Lipinski definition) is 5. The van der Waals surface area contributed by atoms with E-state index in [-0.39, 0.29) is 31.8 Å². The predicted molar refractivity (Wildman–Crippen MR) is 129 cm³/mol. The summed E-state index contributed by atoms with van der Waals surface area (Å²) in [5, 5.41) is 2.73. The van der Waals surface area contributed by atoms with Gasteiger partial charge in [0.2, 0.25) is 0 Å². The van der Waals surface area contributed by atoms with Gasteiger partial charge in [-0.05, 0) is 67.4 Å². The van der Waals surface area contributed by atoms with E-state index in [4.69, 9.17) is 23.2 Å². The molecule has 0 fully saturated rings. The van der Waals surface area contributed by atoms with Crippen LogP contribution in [0, 0.1) is 13.8 Å². The lowest BCUT2D eigenvalue weighted by Gasteiger charge is -2.14. The van der Waals surface area contributed by atoms with Gasteiger partial charge >= 0.3 is 5.97 Å². The molecular formula is C23H20Cl2N2O5S. The average Bonchev–Trinajstić information content (AvgIpc) is 2.77. The second kappa shape index (κ2) is 9.82. The first-order valence-corrected chi connectivity index (χ1v) is 11.8. The number of methoxy groups -OCH3 is 1. The molecule has 3 rings (SSSR count). The van der Waals surface area contributed by atoms with Crippen molar-refractivity contribution in [2.75, 3.05) is 17.1 Å². The summed E-state index contributed by atoms with van der Waals surface area (Å²) in [6.45, 7) is 3.67. The molecule has 0 aliphatic rings. The maximum Gasteiger partial charge on any atom is 0.339 e. The third-order valence-corrected chi connectivity index (χ3v) is 7.14. The Kier molecular flexibility index (Phi) is 7.31. The average molecular weight is 507 g/mol. The van der Waals surface area contributed by atoms with Crippen molar-refractivity contribution in [3.63, 3.8) is 0 Å². The fraction of sp³-hybridized carbons (Fsp3) is 0.130. The van der Waals surface area contributed by atoms with E-state index >= 15 is 0 Å². The van der Waals surface area contributed by atoms with Crippen LogP contribution in [0.2, 0.25) is 10.0 Å². The number of benzene rings is 3. The van der Waals surface area contributed by atoms with Crippen molar-refractivity contribution < 1.29 is 22.7 Å². The molecular weight excluding hydrogens is 487 g/mol. The van der Waals surface area contributed by atoms with Crippen molar-refractivity contribution >= 4 is 56.5 Å². The van der Waals surface area contributed by atoms with Gasteiger partial charge in [-0.3, -0.25) is 9.52 Å². The molecule has 3 aromatic rings. The molecule has 0 aliphatic heterocycles. The first-order valence-electron chi connectivity index (χ1n) is 9.61. The van der Waals surface area contributed by atoms with Crippen molar-refractivity contribution in [2.45, 2.75) is 18.7 Å². The van der Waals surface area contributed by atoms with Crippen LogP contribution < -0.4 is 10.0 Å². The number of hydrogen-bond donors (Lipinski definition) is 2. The monoisotopic (exact) mass is 506 g/mol. The number of carbonyl (C=O) groups is 2. The van der Waals surface area contributed by atoms with Gasteiger partial charge in [-0.1, -0.05) is 35.3 Å². The summed E-state index contributed by atoms with van der Waals surface area (Å²) in [5.41, 5.74) is 2.51. The van der Waals surface area contributed by atoms with Crippen LogP contribution in [0.25, 0.3) is 0 Å². The number of ether oxygens (including phenoxy) is 1. The summed E-state index contributed by atoms with van der Waals surface area (Å²) in [6, 6.07) is 13.5. The van der Waals surface area contributed by atoms with Gasteiger partial charge < -0.3 is 10.1 Å². The van der Waals surface area contributed by atoms with Gasteiger partial charge in [0.1, 0.15) is 4.90 Å². The van der Waals surface area contributed by atoms with Crippen molar-refractivity contribution in [1.82, 2.24) is 0 Å². The number of halogens is 2. The van der Waals surface area contributed by atoms with Crippen molar-refractivity contribution in [1.29, 1.82) is 0 Å². The molecule has 33 heavy (non-hydrogen) atoms. The standard InChI is InChI=1S/C23H20Cl2N2O5S/c1-13-5-4-6-20(14(13)2)27-33(30,31)21-11-15(7-9-19(21)25)22(28)26-16-8-10-18(24)17(12-16)23(29)32-3/h4-12,27H,1-3H3,(H,26,28). The Morgan fingerprint density at radius 1 is 0.939 bits per heavy atom. The molecule has 172 valence electrons. The van der Waals surface area contributed by atoms with E-state index in [9.17, 15) is 18.0 Å². The van der Waals surface area contributed by atoms with Crippen LogP contribution in [0.15, 0.2) is 59.5 Å². The minimum absolute atomic E-state index is 0.0381. The van der Waals surface area contributed by atoms with E-state index in [1.54, 1.807) is 19.1 Å². The van der Waals surface area contributed by atoms with Gasteiger partial charge in [-0.15, -0.1) is 0 Å². The van der Waals surface area contributed by atoms with Crippen molar-refractivity contribution in [2.24, 2.45) is 0 Å². The number of esters is 1. The van der Waals surface area contributed by atoms with Crippen molar-refractivity contribution in [3.05, 3.63) is 86.9 Å². The first-order chi connectivity index (χ1) is 15.5. The lowest BCUT2D eigenvalue weighted by Crippen LogP contribution is -2.17. The molecule has 0 radical (unpaired) electrons. The molecule has 7 nitrogen and oxygen atoms in total. The lowest BCUT2D eigenvalue weighted by atomic mass is 10.1. The fourth-order valence-corrected chi connectivity index (χ4v) is 4.83. The summed E-state index contributed by atoms with van der Waals surface area (Å²) >= 11 is 12.2. The molecule has 0 spiro atoms. The highest BCUT2D eigenvalue weighted by Gasteiger charge is 2.22. The highest BCUT2D eigenvalue weighted by Crippen LogP contribution is 2.28. The maximum absolute atomic E-state index is 13.0. The minimum atomic E-state index is -4.08. The van der Waals surface area contributed by atoms with E-state index in [0.717, 1.165) is 11.1 Å². The molecule has 2 N–H and O–H groups in total. The van der Waals surface area contributed by atoms with Crippen LogP contribution in [0.4, 0.5) is 11.4 Å². The summed E-state index contributed by atoms with van der Waals surface area (Å²) in [6.07, 6.45) is 0. The quantitative estimate of drug-likeness (QED) is 0.432. The van der Waals surface area contributed by atoms with Crippen LogP contribution >= 0.6 is 23.2 Å². The number of nitrogens with one attached hydrogen (secondary N) is 2. The van der Waals surface area contributed by atoms with E-state index in [0.29, 0.717) is 5.69 Å². The third kappa shape index (κ3) is 5.47. The molecule has 0 bridgehead atoms. The van der Waals surface area contributed by atoms with E-state index in [2.05, 4.69) is 14.8 Å². The number of anilines is 2. The fourth-order valence-electron chi connectivity index (χ4n) is 2.98. The van der Waals surface area contributed by atoms with Gasteiger partial charge in [0.15, 0.2) is 0 Å². The summed E-state index contributed by atoms with van der Waals surface area (Å²) in [7, 11) is -2.87. The normalized spacial score (nSPS) is 11.1. The lowest BCUT2D eigenvalue weighted by molar-refractivity contribution is 0.0600. The topological polar surface area (TPSA) is 102 Å². The number of carbonyl (C=O) groups excluding carboxylic acids is 2.